The molecule has 0 aliphatic rings. The zero-order valence-electron chi connectivity index (χ0n) is 24.5. The van der Waals surface area contributed by atoms with Crippen LogP contribution in [0.25, 0.3) is 72.9 Å². The Morgan fingerprint density at radius 1 is 0.378 bits per heavy atom. The summed E-state index contributed by atoms with van der Waals surface area (Å²) in [4.78, 5) is 10.0. The van der Waals surface area contributed by atoms with Crippen LogP contribution in [-0.4, -0.2) is 19.7 Å². The standard InChI is InChI=1S/C41H28N4/c1-5-14-29(15-6-1)32-24-25-39-36(27-32)40(44-45(39)35-22-11-4-12-23-35)34-21-13-20-33(26-34)38-28-37(30-16-7-2-8-17-30)42-41(43-38)31-18-9-3-10-19-31/h1-28H. The fourth-order valence-corrected chi connectivity index (χ4v) is 5.80. The van der Waals surface area contributed by atoms with Crippen molar-refractivity contribution in [1.29, 1.82) is 0 Å². The molecule has 0 radical (unpaired) electrons. The van der Waals surface area contributed by atoms with Crippen molar-refractivity contribution in [2.75, 3.05) is 0 Å². The lowest BCUT2D eigenvalue weighted by Crippen LogP contribution is -1.96. The summed E-state index contributed by atoms with van der Waals surface area (Å²) >= 11 is 0. The molecule has 0 aliphatic heterocycles. The Kier molecular flexibility index (Phi) is 6.78. The van der Waals surface area contributed by atoms with Gasteiger partial charge in [0, 0.05) is 27.6 Å². The van der Waals surface area contributed by atoms with Crippen LogP contribution in [0.1, 0.15) is 0 Å². The van der Waals surface area contributed by atoms with Gasteiger partial charge in [0.2, 0.25) is 0 Å². The van der Waals surface area contributed by atoms with E-state index in [1.54, 1.807) is 0 Å². The van der Waals surface area contributed by atoms with Crippen molar-refractivity contribution in [2.45, 2.75) is 0 Å². The molecule has 4 nitrogen and oxygen atoms in total. The summed E-state index contributed by atoms with van der Waals surface area (Å²) in [5.41, 5.74) is 11.1. The molecule has 45 heavy (non-hydrogen) atoms. The van der Waals surface area contributed by atoms with Gasteiger partial charge < -0.3 is 0 Å². The first-order chi connectivity index (χ1) is 22.3. The zero-order valence-corrected chi connectivity index (χ0v) is 24.5. The number of benzene rings is 6. The maximum absolute atomic E-state index is 5.21. The molecule has 0 amide bonds. The average Bonchev–Trinajstić information content (AvgIpc) is 3.52. The highest BCUT2D eigenvalue weighted by atomic mass is 15.3. The monoisotopic (exact) mass is 576 g/mol. The molecule has 0 atom stereocenters. The topological polar surface area (TPSA) is 43.6 Å². The van der Waals surface area contributed by atoms with Crippen LogP contribution in [-0.2, 0) is 0 Å². The van der Waals surface area contributed by atoms with Crippen LogP contribution in [0.5, 0.6) is 0 Å². The van der Waals surface area contributed by atoms with Crippen molar-refractivity contribution in [3.63, 3.8) is 0 Å². The lowest BCUT2D eigenvalue weighted by atomic mass is 9.99. The third-order valence-corrected chi connectivity index (χ3v) is 8.05. The highest BCUT2D eigenvalue weighted by Crippen LogP contribution is 2.35. The fourth-order valence-electron chi connectivity index (χ4n) is 5.80. The van der Waals surface area contributed by atoms with E-state index in [9.17, 15) is 0 Å². The maximum atomic E-state index is 5.21. The first-order valence-corrected chi connectivity index (χ1v) is 15.0. The Hall–Kier alpha value is -6.13. The number of para-hydroxylation sites is 1. The summed E-state index contributed by atoms with van der Waals surface area (Å²) in [5, 5.41) is 6.31. The van der Waals surface area contributed by atoms with E-state index in [2.05, 4.69) is 109 Å². The molecule has 0 saturated heterocycles. The molecule has 0 spiro atoms. The van der Waals surface area contributed by atoms with Crippen molar-refractivity contribution in [1.82, 2.24) is 19.7 Å². The quantitative estimate of drug-likeness (QED) is 0.198. The van der Waals surface area contributed by atoms with Crippen molar-refractivity contribution in [3.05, 3.63) is 170 Å². The lowest BCUT2D eigenvalue weighted by Gasteiger charge is -2.10. The van der Waals surface area contributed by atoms with Gasteiger partial charge in [-0.25, -0.2) is 14.6 Å². The van der Waals surface area contributed by atoms with Crippen LogP contribution >= 0.6 is 0 Å². The van der Waals surface area contributed by atoms with Gasteiger partial charge in [-0.1, -0.05) is 133 Å². The van der Waals surface area contributed by atoms with E-state index in [0.717, 1.165) is 61.5 Å². The van der Waals surface area contributed by atoms with Crippen LogP contribution < -0.4 is 0 Å². The smallest absolute Gasteiger partial charge is 0.160 e. The number of fused-ring (bicyclic) bond motifs is 1. The second-order valence-corrected chi connectivity index (χ2v) is 11.0. The molecule has 2 aromatic heterocycles. The highest BCUT2D eigenvalue weighted by molar-refractivity contribution is 5.97. The molecular formula is C41H28N4. The molecule has 4 heteroatoms. The SMILES string of the molecule is c1ccc(-c2ccc3c(c2)c(-c2cccc(-c4cc(-c5ccccc5)nc(-c5ccccc5)n4)c2)nn3-c2ccccc2)cc1. The largest absolute Gasteiger partial charge is 0.232 e. The molecule has 0 N–H and O–H groups in total. The minimum Gasteiger partial charge on any atom is -0.232 e. The minimum atomic E-state index is 0.698. The van der Waals surface area contributed by atoms with Crippen LogP contribution in [0, 0.1) is 0 Å². The molecule has 0 saturated carbocycles. The fraction of sp³-hybridized carbons (Fsp3) is 0. The molecule has 0 bridgehead atoms. The van der Waals surface area contributed by atoms with E-state index in [0.29, 0.717) is 5.82 Å². The van der Waals surface area contributed by atoms with Gasteiger partial charge in [0.25, 0.3) is 0 Å². The molecule has 0 aliphatic carbocycles. The summed E-state index contributed by atoms with van der Waals surface area (Å²) in [6, 6.07) is 58.4. The second-order valence-electron chi connectivity index (χ2n) is 11.0. The van der Waals surface area contributed by atoms with E-state index in [-0.39, 0.29) is 0 Å². The third-order valence-electron chi connectivity index (χ3n) is 8.05. The lowest BCUT2D eigenvalue weighted by molar-refractivity contribution is 0.915. The Bertz CT molecular complexity index is 2180. The van der Waals surface area contributed by atoms with Gasteiger partial charge in [-0.15, -0.1) is 0 Å². The summed E-state index contributed by atoms with van der Waals surface area (Å²) in [5.74, 6) is 0.698. The van der Waals surface area contributed by atoms with Gasteiger partial charge in [-0.2, -0.15) is 5.10 Å². The van der Waals surface area contributed by atoms with Crippen molar-refractivity contribution in [3.8, 4) is 62.0 Å². The van der Waals surface area contributed by atoms with Crippen LogP contribution in [0.2, 0.25) is 0 Å². The number of hydrogen-bond acceptors (Lipinski definition) is 3. The average molecular weight is 577 g/mol. The summed E-state index contributed by atoms with van der Waals surface area (Å²) in [7, 11) is 0. The van der Waals surface area contributed by atoms with E-state index >= 15 is 0 Å². The van der Waals surface area contributed by atoms with Crippen LogP contribution in [0.3, 0.4) is 0 Å². The number of aromatic nitrogens is 4. The number of nitrogens with zero attached hydrogens (tertiary/aromatic N) is 4. The summed E-state index contributed by atoms with van der Waals surface area (Å²) in [6.07, 6.45) is 0. The molecule has 6 aromatic carbocycles. The Morgan fingerprint density at radius 2 is 0.933 bits per heavy atom. The van der Waals surface area contributed by atoms with E-state index in [1.807, 2.05) is 65.3 Å². The third kappa shape index (κ3) is 5.19. The van der Waals surface area contributed by atoms with E-state index in [4.69, 9.17) is 15.1 Å². The molecular weight excluding hydrogens is 548 g/mol. The molecule has 2 heterocycles. The minimum absolute atomic E-state index is 0.698. The van der Waals surface area contributed by atoms with Gasteiger partial charge in [-0.3, -0.25) is 0 Å². The Morgan fingerprint density at radius 3 is 1.62 bits per heavy atom. The molecule has 8 aromatic rings. The summed E-state index contributed by atoms with van der Waals surface area (Å²) < 4.78 is 2.04. The highest BCUT2D eigenvalue weighted by Gasteiger charge is 2.17. The normalized spacial score (nSPS) is 11.1. The van der Waals surface area contributed by atoms with Crippen molar-refractivity contribution in [2.24, 2.45) is 0 Å². The van der Waals surface area contributed by atoms with E-state index in [1.165, 1.54) is 5.56 Å². The maximum Gasteiger partial charge on any atom is 0.160 e. The molecule has 212 valence electrons. The molecule has 0 fully saturated rings. The molecule has 8 rings (SSSR count). The first-order valence-electron chi connectivity index (χ1n) is 15.0. The van der Waals surface area contributed by atoms with Gasteiger partial charge in [0.05, 0.1) is 22.6 Å². The number of hydrogen-bond donors (Lipinski definition) is 0. The second kappa shape index (κ2) is 11.5. The van der Waals surface area contributed by atoms with Gasteiger partial charge in [0.1, 0.15) is 5.69 Å². The zero-order chi connectivity index (χ0) is 30.0. The van der Waals surface area contributed by atoms with Crippen LogP contribution in [0.4, 0.5) is 0 Å². The number of rotatable bonds is 6. The molecule has 0 unspecified atom stereocenters. The van der Waals surface area contributed by atoms with Gasteiger partial charge >= 0.3 is 0 Å². The van der Waals surface area contributed by atoms with Crippen LogP contribution in [0.15, 0.2) is 170 Å². The Balaban J connectivity index is 1.30. The van der Waals surface area contributed by atoms with Crippen molar-refractivity contribution < 1.29 is 0 Å². The predicted molar refractivity (Wildman–Crippen MR) is 184 cm³/mol. The van der Waals surface area contributed by atoms with E-state index < -0.39 is 0 Å². The summed E-state index contributed by atoms with van der Waals surface area (Å²) in [6.45, 7) is 0. The van der Waals surface area contributed by atoms with Crippen molar-refractivity contribution >= 4 is 10.9 Å². The van der Waals surface area contributed by atoms with Gasteiger partial charge in [-0.05, 0) is 47.5 Å². The van der Waals surface area contributed by atoms with Gasteiger partial charge in [0.15, 0.2) is 5.82 Å². The first kappa shape index (κ1) is 26.5. The predicted octanol–water partition coefficient (Wildman–Crippen LogP) is 10.2. The Labute approximate surface area is 262 Å².